The Morgan fingerprint density at radius 1 is 1.06 bits per heavy atom. The maximum Gasteiger partial charge on any atom is 0.339 e. The molecule has 0 fully saturated rings. The van der Waals surface area contributed by atoms with E-state index in [1.807, 2.05) is 35.8 Å². The highest BCUT2D eigenvalue weighted by molar-refractivity contribution is 7.99. The van der Waals surface area contributed by atoms with E-state index < -0.39 is 17.8 Å². The summed E-state index contributed by atoms with van der Waals surface area (Å²) in [5, 5.41) is 11.7. The van der Waals surface area contributed by atoms with Gasteiger partial charge in [-0.2, -0.15) is 0 Å². The first-order valence-corrected chi connectivity index (χ1v) is 11.2. The third-order valence-corrected chi connectivity index (χ3v) is 5.76. The first kappa shape index (κ1) is 24.7. The molecule has 3 rings (SSSR count). The molecule has 2 aromatic carbocycles. The number of esters is 2. The summed E-state index contributed by atoms with van der Waals surface area (Å²) < 4.78 is 11.3. The van der Waals surface area contributed by atoms with Gasteiger partial charge in [-0.1, -0.05) is 47.7 Å². The molecule has 0 aliphatic heterocycles. The zero-order valence-electron chi connectivity index (χ0n) is 19.0. The van der Waals surface area contributed by atoms with Crippen LogP contribution < -0.4 is 5.32 Å². The van der Waals surface area contributed by atoms with Crippen LogP contribution in [-0.2, 0) is 20.8 Å². The number of aromatic nitrogens is 3. The van der Waals surface area contributed by atoms with Crippen LogP contribution in [0.2, 0.25) is 0 Å². The average molecular weight is 481 g/mol. The van der Waals surface area contributed by atoms with Crippen LogP contribution in [0.25, 0.3) is 11.4 Å². The summed E-state index contributed by atoms with van der Waals surface area (Å²) in [5.41, 5.74) is 2.48. The number of rotatable bonds is 9. The Morgan fingerprint density at radius 3 is 2.41 bits per heavy atom. The number of ether oxygens (including phenoxy) is 2. The minimum absolute atomic E-state index is 0.00770. The lowest BCUT2D eigenvalue weighted by Gasteiger charge is -2.12. The van der Waals surface area contributed by atoms with Crippen molar-refractivity contribution in [2.45, 2.75) is 18.6 Å². The number of nitrogens with zero attached hydrogens (tertiary/aromatic N) is 3. The van der Waals surface area contributed by atoms with E-state index in [4.69, 9.17) is 9.47 Å². The van der Waals surface area contributed by atoms with Crippen LogP contribution in [0.15, 0.2) is 60.3 Å². The SMILES string of the molecule is C=CCn1c(SCC(=O)Nc2cc(C(=O)OC)ccc2C(=O)OC)nnc1-c1ccc(C)cc1. The standard InChI is InChI=1S/C24H24N4O5S/c1-5-12-28-21(16-8-6-15(2)7-9-16)26-27-24(28)34-14-20(29)25-19-13-17(22(30)32-3)10-11-18(19)23(31)33-4/h5-11,13H,1,12,14H2,2-4H3,(H,25,29). The molecular weight excluding hydrogens is 456 g/mol. The second-order valence-electron chi connectivity index (χ2n) is 7.15. The number of nitrogens with one attached hydrogen (secondary N) is 1. The second kappa shape index (κ2) is 11.3. The number of carbonyl (C=O) groups excluding carboxylic acids is 3. The maximum atomic E-state index is 12.7. The van der Waals surface area contributed by atoms with Gasteiger partial charge in [0.15, 0.2) is 11.0 Å². The average Bonchev–Trinajstić information content (AvgIpc) is 3.24. The van der Waals surface area contributed by atoms with Crippen molar-refractivity contribution in [2.24, 2.45) is 0 Å². The minimum Gasteiger partial charge on any atom is -0.465 e. The predicted octanol–water partition coefficient (Wildman–Crippen LogP) is 3.74. The molecule has 0 bridgehead atoms. The number of methoxy groups -OCH3 is 2. The molecule has 10 heteroatoms. The summed E-state index contributed by atoms with van der Waals surface area (Å²) in [4.78, 5) is 36.7. The monoisotopic (exact) mass is 480 g/mol. The lowest BCUT2D eigenvalue weighted by Crippen LogP contribution is -2.18. The van der Waals surface area contributed by atoms with Crippen LogP contribution in [0.4, 0.5) is 5.69 Å². The van der Waals surface area contributed by atoms with Gasteiger partial charge in [0.1, 0.15) is 0 Å². The Labute approximate surface area is 201 Å². The predicted molar refractivity (Wildman–Crippen MR) is 129 cm³/mol. The summed E-state index contributed by atoms with van der Waals surface area (Å²) in [6.45, 7) is 6.26. The van der Waals surface area contributed by atoms with Crippen LogP contribution >= 0.6 is 11.8 Å². The van der Waals surface area contributed by atoms with Crippen LogP contribution in [0.1, 0.15) is 26.3 Å². The molecule has 9 nitrogen and oxygen atoms in total. The van der Waals surface area contributed by atoms with Crippen LogP contribution in [-0.4, -0.2) is 52.6 Å². The van der Waals surface area contributed by atoms with Gasteiger partial charge in [-0.25, -0.2) is 9.59 Å². The molecule has 176 valence electrons. The smallest absolute Gasteiger partial charge is 0.339 e. The number of allylic oxidation sites excluding steroid dienone is 1. The van der Waals surface area contributed by atoms with Gasteiger partial charge in [0.25, 0.3) is 0 Å². The molecule has 0 aliphatic rings. The lowest BCUT2D eigenvalue weighted by atomic mass is 10.1. The largest absolute Gasteiger partial charge is 0.465 e. The van der Waals surface area contributed by atoms with Crippen LogP contribution in [0.3, 0.4) is 0 Å². The zero-order valence-corrected chi connectivity index (χ0v) is 19.8. The van der Waals surface area contributed by atoms with E-state index in [1.54, 1.807) is 6.08 Å². The van der Waals surface area contributed by atoms with E-state index in [-0.39, 0.29) is 22.6 Å². The topological polar surface area (TPSA) is 112 Å². The fourth-order valence-corrected chi connectivity index (χ4v) is 3.85. The number of hydrogen-bond acceptors (Lipinski definition) is 8. The Hall–Kier alpha value is -3.92. The molecule has 1 amide bonds. The van der Waals surface area contributed by atoms with E-state index in [1.165, 1.54) is 44.2 Å². The van der Waals surface area contributed by atoms with Crippen LogP contribution in [0.5, 0.6) is 0 Å². The molecule has 0 atom stereocenters. The van der Waals surface area contributed by atoms with Gasteiger partial charge in [-0.15, -0.1) is 16.8 Å². The number of amides is 1. The molecule has 1 heterocycles. The first-order chi connectivity index (χ1) is 16.4. The molecular formula is C24H24N4O5S. The van der Waals surface area contributed by atoms with Crippen molar-refractivity contribution in [1.29, 1.82) is 0 Å². The van der Waals surface area contributed by atoms with Crippen molar-refractivity contribution in [2.75, 3.05) is 25.3 Å². The van der Waals surface area contributed by atoms with Gasteiger partial charge in [0.2, 0.25) is 5.91 Å². The highest BCUT2D eigenvalue weighted by atomic mass is 32.2. The van der Waals surface area contributed by atoms with Crippen molar-refractivity contribution in [3.05, 3.63) is 71.8 Å². The number of benzene rings is 2. The number of hydrogen-bond donors (Lipinski definition) is 1. The van der Waals surface area contributed by atoms with Gasteiger partial charge in [-0.3, -0.25) is 9.36 Å². The third kappa shape index (κ3) is 5.70. The normalized spacial score (nSPS) is 10.4. The van der Waals surface area contributed by atoms with E-state index in [2.05, 4.69) is 22.1 Å². The van der Waals surface area contributed by atoms with Crippen LogP contribution in [0, 0.1) is 6.92 Å². The Balaban J connectivity index is 1.79. The van der Waals surface area contributed by atoms with Gasteiger partial charge < -0.3 is 14.8 Å². The van der Waals surface area contributed by atoms with Gasteiger partial charge in [0, 0.05) is 12.1 Å². The number of anilines is 1. The Bertz CT molecular complexity index is 1220. The number of thioether (sulfide) groups is 1. The molecule has 1 N–H and O–H groups in total. The van der Waals surface area contributed by atoms with E-state index in [0.717, 1.165) is 11.1 Å². The van der Waals surface area contributed by atoms with E-state index >= 15 is 0 Å². The third-order valence-electron chi connectivity index (χ3n) is 4.79. The fourth-order valence-electron chi connectivity index (χ4n) is 3.10. The molecule has 0 saturated heterocycles. The van der Waals surface area contributed by atoms with Gasteiger partial charge >= 0.3 is 11.9 Å². The van der Waals surface area contributed by atoms with Crippen molar-refractivity contribution in [3.63, 3.8) is 0 Å². The van der Waals surface area contributed by atoms with Gasteiger partial charge in [-0.05, 0) is 25.1 Å². The Kier molecular flexibility index (Phi) is 8.20. The zero-order chi connectivity index (χ0) is 24.7. The number of aryl methyl sites for hydroxylation is 1. The summed E-state index contributed by atoms with van der Waals surface area (Å²) in [5.74, 6) is -0.981. The molecule has 1 aromatic heterocycles. The minimum atomic E-state index is -0.646. The fraction of sp³-hybridized carbons (Fsp3) is 0.208. The van der Waals surface area contributed by atoms with E-state index in [9.17, 15) is 14.4 Å². The highest BCUT2D eigenvalue weighted by Gasteiger charge is 2.19. The lowest BCUT2D eigenvalue weighted by molar-refractivity contribution is -0.113. The van der Waals surface area contributed by atoms with Crippen molar-refractivity contribution in [3.8, 4) is 11.4 Å². The molecule has 3 aromatic rings. The van der Waals surface area contributed by atoms with Crippen molar-refractivity contribution >= 4 is 35.3 Å². The van der Waals surface area contributed by atoms with E-state index in [0.29, 0.717) is 17.5 Å². The molecule has 0 unspecified atom stereocenters. The number of carbonyl (C=O) groups is 3. The summed E-state index contributed by atoms with van der Waals surface area (Å²) in [7, 11) is 2.48. The molecule has 0 saturated carbocycles. The molecule has 0 spiro atoms. The van der Waals surface area contributed by atoms with Gasteiger partial charge in [0.05, 0.1) is 36.8 Å². The highest BCUT2D eigenvalue weighted by Crippen LogP contribution is 2.25. The van der Waals surface area contributed by atoms with Crippen molar-refractivity contribution < 1.29 is 23.9 Å². The second-order valence-corrected chi connectivity index (χ2v) is 8.09. The Morgan fingerprint density at radius 2 is 1.76 bits per heavy atom. The quantitative estimate of drug-likeness (QED) is 0.280. The summed E-state index contributed by atoms with van der Waals surface area (Å²) in [6, 6.07) is 12.1. The van der Waals surface area contributed by atoms with Crippen molar-refractivity contribution in [1.82, 2.24) is 14.8 Å². The molecule has 0 radical (unpaired) electrons. The maximum absolute atomic E-state index is 12.7. The molecule has 0 aliphatic carbocycles. The first-order valence-electron chi connectivity index (χ1n) is 10.2. The summed E-state index contributed by atoms with van der Waals surface area (Å²) >= 11 is 1.19. The summed E-state index contributed by atoms with van der Waals surface area (Å²) in [6.07, 6.45) is 1.73. The molecule has 34 heavy (non-hydrogen) atoms.